The van der Waals surface area contributed by atoms with E-state index < -0.39 is 0 Å². The number of likely N-dealkylation sites (N-methyl/N-ethyl adjacent to an activating group) is 1. The van der Waals surface area contributed by atoms with Crippen molar-refractivity contribution in [2.24, 2.45) is 0 Å². The highest BCUT2D eigenvalue weighted by molar-refractivity contribution is 8.17. The lowest BCUT2D eigenvalue weighted by Crippen LogP contribution is -2.44. The molecule has 1 saturated heterocycles. The van der Waals surface area contributed by atoms with Crippen molar-refractivity contribution in [1.82, 2.24) is 19.9 Å². The first-order valence-electron chi connectivity index (χ1n) is 10.6. The van der Waals surface area contributed by atoms with Gasteiger partial charge in [-0.05, 0) is 37.1 Å². The van der Waals surface area contributed by atoms with Gasteiger partial charge in [0.2, 0.25) is 5.95 Å². The molecule has 0 radical (unpaired) electrons. The van der Waals surface area contributed by atoms with Crippen molar-refractivity contribution in [3.8, 4) is 0 Å². The summed E-state index contributed by atoms with van der Waals surface area (Å²) in [6.45, 7) is 9.74. The molecule has 3 aromatic rings. The number of piperazine rings is 1. The Morgan fingerprint density at radius 3 is 2.61 bits per heavy atom. The van der Waals surface area contributed by atoms with Gasteiger partial charge >= 0.3 is 0 Å². The molecule has 0 spiro atoms. The molecule has 0 atom stereocenters. The fraction of sp³-hybridized carbons (Fsp3) is 0.292. The van der Waals surface area contributed by atoms with Gasteiger partial charge in [0.1, 0.15) is 12.1 Å². The van der Waals surface area contributed by atoms with Crippen molar-refractivity contribution in [1.29, 1.82) is 5.41 Å². The molecule has 9 heteroatoms. The number of hydrogen-bond acceptors (Lipinski definition) is 9. The number of fused-ring (bicyclic) bond motifs is 1. The van der Waals surface area contributed by atoms with Crippen LogP contribution < -0.4 is 10.2 Å². The molecular formula is C24H29N7OS. The number of rotatable bonds is 5. The molecule has 33 heavy (non-hydrogen) atoms. The topological polar surface area (TPSA) is 98.1 Å². The molecular weight excluding hydrogens is 434 g/mol. The molecule has 1 aliphatic rings. The van der Waals surface area contributed by atoms with E-state index in [0.29, 0.717) is 16.6 Å². The molecule has 2 aromatic heterocycles. The minimum absolute atomic E-state index is 0.481. The minimum Gasteiger partial charge on any atom is -0.357 e. The summed E-state index contributed by atoms with van der Waals surface area (Å²) >= 11 is 1.36. The van der Waals surface area contributed by atoms with E-state index in [1.807, 2.05) is 31.2 Å². The first kappa shape index (κ1) is 24.3. The third-order valence-electron chi connectivity index (χ3n) is 5.08. The smallest absolute Gasteiger partial charge is 0.222 e. The van der Waals surface area contributed by atoms with E-state index in [2.05, 4.69) is 43.7 Å². The number of allylic oxidation sites excluding steroid dienone is 1. The summed E-state index contributed by atoms with van der Waals surface area (Å²) in [5.74, 6) is 1.49. The second-order valence-electron chi connectivity index (χ2n) is 7.71. The SMILES string of the molecule is C=C(C)SC(=N)c1ccc2cnc(NC)nc2c1.CN1CCN(c2cc(C=O)ccn2)CC1. The Balaban J connectivity index is 0.000000189. The predicted octanol–water partition coefficient (Wildman–Crippen LogP) is 3.91. The van der Waals surface area contributed by atoms with Crippen LogP contribution in [0.15, 0.2) is 54.2 Å². The normalized spacial score (nSPS) is 13.7. The van der Waals surface area contributed by atoms with Crippen LogP contribution in [-0.2, 0) is 0 Å². The Morgan fingerprint density at radius 2 is 1.94 bits per heavy atom. The van der Waals surface area contributed by atoms with Crippen molar-refractivity contribution >= 4 is 45.8 Å². The van der Waals surface area contributed by atoms with Gasteiger partial charge in [0.05, 0.1) is 10.6 Å². The second kappa shape index (κ2) is 11.5. The maximum absolute atomic E-state index is 10.6. The molecule has 1 fully saturated rings. The maximum Gasteiger partial charge on any atom is 0.222 e. The quantitative estimate of drug-likeness (QED) is 0.334. The van der Waals surface area contributed by atoms with Gasteiger partial charge in [0.15, 0.2) is 0 Å². The fourth-order valence-corrected chi connectivity index (χ4v) is 3.83. The lowest BCUT2D eigenvalue weighted by atomic mass is 10.2. The van der Waals surface area contributed by atoms with Gasteiger partial charge in [-0.3, -0.25) is 10.2 Å². The number of aromatic nitrogens is 3. The van der Waals surface area contributed by atoms with Crippen molar-refractivity contribution in [2.75, 3.05) is 50.5 Å². The summed E-state index contributed by atoms with van der Waals surface area (Å²) < 4.78 is 0. The van der Waals surface area contributed by atoms with Crippen LogP contribution in [0.1, 0.15) is 22.8 Å². The number of anilines is 2. The van der Waals surface area contributed by atoms with Crippen LogP contribution in [0.4, 0.5) is 11.8 Å². The zero-order valence-corrected chi connectivity index (χ0v) is 20.0. The lowest BCUT2D eigenvalue weighted by Gasteiger charge is -2.33. The molecule has 1 aromatic carbocycles. The molecule has 0 bridgehead atoms. The summed E-state index contributed by atoms with van der Waals surface area (Å²) in [6.07, 6.45) is 4.33. The zero-order chi connectivity index (χ0) is 23.8. The minimum atomic E-state index is 0.481. The Morgan fingerprint density at radius 1 is 1.18 bits per heavy atom. The molecule has 0 amide bonds. The molecule has 4 rings (SSSR count). The number of nitrogens with zero attached hydrogens (tertiary/aromatic N) is 5. The van der Waals surface area contributed by atoms with E-state index >= 15 is 0 Å². The summed E-state index contributed by atoms with van der Waals surface area (Å²) in [5, 5.41) is 12.3. The highest BCUT2D eigenvalue weighted by Gasteiger charge is 2.15. The highest BCUT2D eigenvalue weighted by atomic mass is 32.2. The molecule has 8 nitrogen and oxygen atoms in total. The molecule has 1 aliphatic heterocycles. The van der Waals surface area contributed by atoms with E-state index in [0.717, 1.165) is 59.7 Å². The molecule has 3 heterocycles. The predicted molar refractivity (Wildman–Crippen MR) is 138 cm³/mol. The summed E-state index contributed by atoms with van der Waals surface area (Å²) in [6, 6.07) is 9.31. The first-order chi connectivity index (χ1) is 15.9. The van der Waals surface area contributed by atoms with Crippen molar-refractivity contribution in [3.63, 3.8) is 0 Å². The first-order valence-corrected chi connectivity index (χ1v) is 11.4. The van der Waals surface area contributed by atoms with Crippen LogP contribution >= 0.6 is 11.8 Å². The van der Waals surface area contributed by atoms with Gasteiger partial charge in [-0.15, -0.1) is 0 Å². The Bertz CT molecular complexity index is 1140. The second-order valence-corrected chi connectivity index (χ2v) is 9.02. The van der Waals surface area contributed by atoms with Crippen molar-refractivity contribution < 1.29 is 4.79 Å². The van der Waals surface area contributed by atoms with Crippen LogP contribution in [0.25, 0.3) is 10.9 Å². The Labute approximate surface area is 198 Å². The Hall–Kier alpha value is -3.30. The number of pyridine rings is 1. The van der Waals surface area contributed by atoms with Gasteiger partial charge in [-0.1, -0.05) is 30.5 Å². The average Bonchev–Trinajstić information content (AvgIpc) is 2.83. The van der Waals surface area contributed by atoms with Gasteiger partial charge < -0.3 is 15.1 Å². The van der Waals surface area contributed by atoms with E-state index in [1.165, 1.54) is 11.8 Å². The van der Waals surface area contributed by atoms with Gasteiger partial charge in [0.25, 0.3) is 0 Å². The molecule has 0 unspecified atom stereocenters. The van der Waals surface area contributed by atoms with Gasteiger partial charge in [-0.25, -0.2) is 15.0 Å². The van der Waals surface area contributed by atoms with Crippen LogP contribution in [0.3, 0.4) is 0 Å². The zero-order valence-electron chi connectivity index (χ0n) is 19.2. The van der Waals surface area contributed by atoms with Crippen LogP contribution in [-0.4, -0.2) is 71.5 Å². The largest absolute Gasteiger partial charge is 0.357 e. The summed E-state index contributed by atoms with van der Waals surface area (Å²) in [7, 11) is 3.90. The number of aldehydes is 1. The lowest BCUT2D eigenvalue weighted by molar-refractivity contribution is 0.112. The molecule has 0 aliphatic carbocycles. The Kier molecular flexibility index (Phi) is 8.51. The summed E-state index contributed by atoms with van der Waals surface area (Å²) in [4.78, 5) is 28.9. The van der Waals surface area contributed by atoms with Crippen LogP contribution in [0.5, 0.6) is 0 Å². The monoisotopic (exact) mass is 463 g/mol. The van der Waals surface area contributed by atoms with Gasteiger partial charge in [-0.2, -0.15) is 0 Å². The number of hydrogen-bond donors (Lipinski definition) is 2. The number of carbonyl (C=O) groups excluding carboxylic acids is 1. The average molecular weight is 464 g/mol. The third-order valence-corrected chi connectivity index (χ3v) is 5.87. The van der Waals surface area contributed by atoms with Crippen molar-refractivity contribution in [2.45, 2.75) is 6.92 Å². The fourth-order valence-electron chi connectivity index (χ4n) is 3.23. The molecule has 172 valence electrons. The summed E-state index contributed by atoms with van der Waals surface area (Å²) in [5.41, 5.74) is 2.37. The highest BCUT2D eigenvalue weighted by Crippen LogP contribution is 2.22. The van der Waals surface area contributed by atoms with Crippen LogP contribution in [0, 0.1) is 5.41 Å². The van der Waals surface area contributed by atoms with Crippen LogP contribution in [0.2, 0.25) is 0 Å². The number of benzene rings is 1. The van der Waals surface area contributed by atoms with E-state index in [4.69, 9.17) is 5.41 Å². The molecule has 0 saturated carbocycles. The number of nitrogens with one attached hydrogen (secondary N) is 2. The van der Waals surface area contributed by atoms with E-state index in [-0.39, 0.29) is 0 Å². The van der Waals surface area contributed by atoms with Gasteiger partial charge in [0, 0.05) is 62.1 Å². The third kappa shape index (κ3) is 6.84. The van der Waals surface area contributed by atoms with Crippen molar-refractivity contribution in [3.05, 3.63) is 65.3 Å². The molecule has 2 N–H and O–H groups in total. The van der Waals surface area contributed by atoms with E-state index in [1.54, 1.807) is 25.5 Å². The number of carbonyl (C=O) groups is 1. The maximum atomic E-state index is 10.6. The standard InChI is InChI=1S/C13H14N4S.C11H15N3O/c1-8(2)18-12(14)9-4-5-10-7-16-13(15-3)17-11(10)6-9;1-13-4-6-14(7-5-13)11-8-10(9-15)2-3-12-11/h4-7,14H,1H2,2-3H3,(H,15,16,17);2-3,8-9H,4-7H2,1H3. The number of thioether (sulfide) groups is 1. The van der Waals surface area contributed by atoms with E-state index in [9.17, 15) is 4.79 Å².